The average Bonchev–Trinajstić information content (AvgIpc) is 2.33. The Morgan fingerprint density at radius 2 is 2.00 bits per heavy atom. The quantitative estimate of drug-likeness (QED) is 0.921. The van der Waals surface area contributed by atoms with Gasteiger partial charge in [0.1, 0.15) is 5.75 Å². The van der Waals surface area contributed by atoms with E-state index in [1.54, 1.807) is 0 Å². The van der Waals surface area contributed by atoms with E-state index in [9.17, 15) is 0 Å². The van der Waals surface area contributed by atoms with Crippen LogP contribution in [0.3, 0.4) is 0 Å². The largest absolute Gasteiger partial charge is 0.439 e. The Kier molecular flexibility index (Phi) is 4.37. The van der Waals surface area contributed by atoms with Crippen molar-refractivity contribution in [2.24, 2.45) is 0 Å². The van der Waals surface area contributed by atoms with Crippen molar-refractivity contribution >= 4 is 21.9 Å². The zero-order valence-corrected chi connectivity index (χ0v) is 12.8. The number of rotatable bonds is 4. The smallest absolute Gasteiger partial charge is 0.226 e. The summed E-state index contributed by atoms with van der Waals surface area (Å²) in [4.78, 5) is 8.60. The van der Waals surface area contributed by atoms with Crippen LogP contribution in [0.1, 0.15) is 18.2 Å². The van der Waals surface area contributed by atoms with Crippen molar-refractivity contribution in [2.75, 3.05) is 11.9 Å². The number of aryl methyl sites for hydroxylation is 2. The number of aromatic nitrogens is 2. The SMILES string of the molecule is CCNc1nc(C)cc(Oc2ccc(Br)c(C)c2)n1. The molecule has 4 nitrogen and oxygen atoms in total. The minimum absolute atomic E-state index is 0.546. The Hall–Kier alpha value is -1.62. The third-order valence-corrected chi connectivity index (χ3v) is 3.41. The molecule has 2 rings (SSSR count). The van der Waals surface area contributed by atoms with Gasteiger partial charge in [0, 0.05) is 22.8 Å². The van der Waals surface area contributed by atoms with E-state index in [0.29, 0.717) is 11.8 Å². The van der Waals surface area contributed by atoms with Gasteiger partial charge in [-0.25, -0.2) is 4.98 Å². The van der Waals surface area contributed by atoms with E-state index in [1.165, 1.54) is 0 Å². The third kappa shape index (κ3) is 3.67. The van der Waals surface area contributed by atoms with Crippen molar-refractivity contribution < 1.29 is 4.74 Å². The topological polar surface area (TPSA) is 47.0 Å². The lowest BCUT2D eigenvalue weighted by molar-refractivity contribution is 0.461. The van der Waals surface area contributed by atoms with Gasteiger partial charge in [0.15, 0.2) is 0 Å². The summed E-state index contributed by atoms with van der Waals surface area (Å²) in [5.74, 6) is 1.90. The monoisotopic (exact) mass is 321 g/mol. The van der Waals surface area contributed by atoms with Gasteiger partial charge in [-0.2, -0.15) is 4.98 Å². The summed E-state index contributed by atoms with van der Waals surface area (Å²) >= 11 is 3.47. The molecule has 1 heterocycles. The Labute approximate surface area is 121 Å². The van der Waals surface area contributed by atoms with Crippen LogP contribution in [0.2, 0.25) is 0 Å². The molecule has 2 aromatic rings. The molecule has 19 heavy (non-hydrogen) atoms. The van der Waals surface area contributed by atoms with Crippen molar-refractivity contribution in [1.29, 1.82) is 0 Å². The van der Waals surface area contributed by atoms with Crippen LogP contribution < -0.4 is 10.1 Å². The van der Waals surface area contributed by atoms with Gasteiger partial charge in [-0.3, -0.25) is 0 Å². The highest BCUT2D eigenvalue weighted by molar-refractivity contribution is 9.10. The highest BCUT2D eigenvalue weighted by atomic mass is 79.9. The Morgan fingerprint density at radius 3 is 2.68 bits per heavy atom. The third-order valence-electron chi connectivity index (χ3n) is 2.52. The van der Waals surface area contributed by atoms with E-state index in [-0.39, 0.29) is 0 Å². The first-order chi connectivity index (χ1) is 9.08. The second-order valence-corrected chi connectivity index (χ2v) is 5.07. The molecule has 0 aliphatic rings. The van der Waals surface area contributed by atoms with Crippen LogP contribution in [0.4, 0.5) is 5.95 Å². The lowest BCUT2D eigenvalue weighted by Crippen LogP contribution is -2.04. The standard InChI is InChI=1S/C14H16BrN3O/c1-4-16-14-17-10(3)8-13(18-14)19-11-5-6-12(15)9(2)7-11/h5-8H,4H2,1-3H3,(H,16,17,18). The summed E-state index contributed by atoms with van der Waals surface area (Å²) in [7, 11) is 0. The molecule has 100 valence electrons. The second-order valence-electron chi connectivity index (χ2n) is 4.21. The van der Waals surface area contributed by atoms with Crippen molar-refractivity contribution in [3.8, 4) is 11.6 Å². The lowest BCUT2D eigenvalue weighted by atomic mass is 10.2. The maximum absolute atomic E-state index is 5.77. The Balaban J connectivity index is 2.24. The first-order valence-corrected chi connectivity index (χ1v) is 6.91. The number of ether oxygens (including phenoxy) is 1. The van der Waals surface area contributed by atoms with Gasteiger partial charge in [-0.1, -0.05) is 15.9 Å². The molecule has 0 atom stereocenters. The number of halogens is 1. The molecule has 0 spiro atoms. The summed E-state index contributed by atoms with van der Waals surface area (Å²) in [5, 5.41) is 3.09. The van der Waals surface area contributed by atoms with Crippen molar-refractivity contribution in [3.63, 3.8) is 0 Å². The van der Waals surface area contributed by atoms with Crippen LogP contribution in [0.5, 0.6) is 11.6 Å². The first kappa shape index (κ1) is 13.8. The molecule has 1 aromatic heterocycles. The van der Waals surface area contributed by atoms with E-state index in [1.807, 2.05) is 45.0 Å². The summed E-state index contributed by atoms with van der Waals surface area (Å²) in [6.45, 7) is 6.72. The molecule has 0 aliphatic heterocycles. The van der Waals surface area contributed by atoms with Gasteiger partial charge < -0.3 is 10.1 Å². The minimum atomic E-state index is 0.546. The molecule has 0 unspecified atom stereocenters. The Bertz CT molecular complexity index is 587. The van der Waals surface area contributed by atoms with Gasteiger partial charge in [0.2, 0.25) is 11.8 Å². The fourth-order valence-electron chi connectivity index (χ4n) is 1.63. The van der Waals surface area contributed by atoms with E-state index in [2.05, 4.69) is 31.2 Å². The van der Waals surface area contributed by atoms with Crippen LogP contribution >= 0.6 is 15.9 Å². The lowest BCUT2D eigenvalue weighted by Gasteiger charge is -2.09. The molecular weight excluding hydrogens is 306 g/mol. The molecule has 0 saturated heterocycles. The summed E-state index contributed by atoms with van der Waals surface area (Å²) < 4.78 is 6.83. The van der Waals surface area contributed by atoms with E-state index in [0.717, 1.165) is 28.0 Å². The first-order valence-electron chi connectivity index (χ1n) is 6.12. The summed E-state index contributed by atoms with van der Waals surface area (Å²) in [6, 6.07) is 7.65. The van der Waals surface area contributed by atoms with Crippen LogP contribution in [0.25, 0.3) is 0 Å². The average molecular weight is 322 g/mol. The number of nitrogens with one attached hydrogen (secondary N) is 1. The van der Waals surface area contributed by atoms with Crippen molar-refractivity contribution in [3.05, 3.63) is 40.0 Å². The summed E-state index contributed by atoms with van der Waals surface area (Å²) in [6.07, 6.45) is 0. The van der Waals surface area contributed by atoms with E-state index >= 15 is 0 Å². The molecule has 0 bridgehead atoms. The highest BCUT2D eigenvalue weighted by Crippen LogP contribution is 2.25. The number of hydrogen-bond acceptors (Lipinski definition) is 4. The van der Waals surface area contributed by atoms with Crippen molar-refractivity contribution in [1.82, 2.24) is 9.97 Å². The number of hydrogen-bond donors (Lipinski definition) is 1. The van der Waals surface area contributed by atoms with E-state index < -0.39 is 0 Å². The maximum atomic E-state index is 5.77. The predicted molar refractivity (Wildman–Crippen MR) is 79.9 cm³/mol. The van der Waals surface area contributed by atoms with Crippen LogP contribution in [-0.4, -0.2) is 16.5 Å². The number of nitrogens with zero attached hydrogens (tertiary/aromatic N) is 2. The van der Waals surface area contributed by atoms with Crippen LogP contribution in [0, 0.1) is 13.8 Å². The van der Waals surface area contributed by atoms with Gasteiger partial charge in [0.25, 0.3) is 0 Å². The highest BCUT2D eigenvalue weighted by Gasteiger charge is 2.05. The van der Waals surface area contributed by atoms with Crippen LogP contribution in [-0.2, 0) is 0 Å². The molecule has 0 aliphatic carbocycles. The normalized spacial score (nSPS) is 10.3. The van der Waals surface area contributed by atoms with Gasteiger partial charge in [-0.05, 0) is 44.5 Å². The van der Waals surface area contributed by atoms with Gasteiger partial charge >= 0.3 is 0 Å². The number of anilines is 1. The van der Waals surface area contributed by atoms with Gasteiger partial charge in [-0.15, -0.1) is 0 Å². The number of benzene rings is 1. The zero-order chi connectivity index (χ0) is 13.8. The minimum Gasteiger partial charge on any atom is -0.439 e. The maximum Gasteiger partial charge on any atom is 0.226 e. The fraction of sp³-hybridized carbons (Fsp3) is 0.286. The van der Waals surface area contributed by atoms with Crippen molar-refractivity contribution in [2.45, 2.75) is 20.8 Å². The fourth-order valence-corrected chi connectivity index (χ4v) is 1.88. The molecule has 0 fully saturated rings. The molecule has 1 N–H and O–H groups in total. The van der Waals surface area contributed by atoms with Gasteiger partial charge in [0.05, 0.1) is 0 Å². The Morgan fingerprint density at radius 1 is 1.21 bits per heavy atom. The molecule has 0 saturated carbocycles. The molecule has 0 amide bonds. The molecule has 1 aromatic carbocycles. The van der Waals surface area contributed by atoms with E-state index in [4.69, 9.17) is 4.74 Å². The second kappa shape index (κ2) is 6.02. The molecule has 0 radical (unpaired) electrons. The predicted octanol–water partition coefficient (Wildman–Crippen LogP) is 4.08. The van der Waals surface area contributed by atoms with Crippen LogP contribution in [0.15, 0.2) is 28.7 Å². The molecular formula is C14H16BrN3O. The summed E-state index contributed by atoms with van der Waals surface area (Å²) in [5.41, 5.74) is 1.99. The zero-order valence-electron chi connectivity index (χ0n) is 11.2. The molecule has 5 heteroatoms.